The number of aliphatic hydroxyl groups is 1. The maximum Gasteiger partial charge on any atom is 0.227 e. The van der Waals surface area contributed by atoms with Crippen molar-refractivity contribution < 1.29 is 9.90 Å². The Bertz CT molecular complexity index is 444. The van der Waals surface area contributed by atoms with Gasteiger partial charge in [-0.1, -0.05) is 17.7 Å². The van der Waals surface area contributed by atoms with Crippen LogP contribution in [0.15, 0.2) is 18.2 Å². The lowest BCUT2D eigenvalue weighted by atomic mass is 9.93. The van der Waals surface area contributed by atoms with Crippen molar-refractivity contribution in [3.8, 4) is 0 Å². The first kappa shape index (κ1) is 12.4. The van der Waals surface area contributed by atoms with Gasteiger partial charge >= 0.3 is 0 Å². The second-order valence-electron chi connectivity index (χ2n) is 4.52. The van der Waals surface area contributed by atoms with Crippen molar-refractivity contribution in [1.29, 1.82) is 0 Å². The van der Waals surface area contributed by atoms with Gasteiger partial charge in [0.25, 0.3) is 0 Å². The maximum atomic E-state index is 11.7. The number of rotatable bonds is 3. The van der Waals surface area contributed by atoms with E-state index in [4.69, 9.17) is 11.6 Å². The van der Waals surface area contributed by atoms with Gasteiger partial charge in [0.2, 0.25) is 5.91 Å². The van der Waals surface area contributed by atoms with Crippen LogP contribution in [0.4, 0.5) is 5.69 Å². The third-order valence-electron chi connectivity index (χ3n) is 2.85. The summed E-state index contributed by atoms with van der Waals surface area (Å²) in [6, 6.07) is 5.34. The van der Waals surface area contributed by atoms with Gasteiger partial charge < -0.3 is 15.7 Å². The van der Waals surface area contributed by atoms with Crippen LogP contribution in [-0.2, 0) is 4.79 Å². The fourth-order valence-corrected chi connectivity index (χ4v) is 1.89. The lowest BCUT2D eigenvalue weighted by Crippen LogP contribution is -2.60. The standard InChI is InChI=1S/C12H15ClN2O2/c1-8-2-3-9(4-10(8)13)15-11(16)5-12(17)6-14-7-12/h2-4,14,17H,5-7H2,1H3,(H,15,16). The van der Waals surface area contributed by atoms with Crippen molar-refractivity contribution in [2.24, 2.45) is 0 Å². The van der Waals surface area contributed by atoms with Gasteiger partial charge in [-0.15, -0.1) is 0 Å². The molecule has 1 amide bonds. The second kappa shape index (κ2) is 4.64. The average Bonchev–Trinajstić information content (AvgIpc) is 2.21. The fraction of sp³-hybridized carbons (Fsp3) is 0.417. The summed E-state index contributed by atoms with van der Waals surface area (Å²) in [7, 11) is 0. The summed E-state index contributed by atoms with van der Waals surface area (Å²) < 4.78 is 0. The van der Waals surface area contributed by atoms with Gasteiger partial charge in [-0.3, -0.25) is 4.79 Å². The molecule has 4 nitrogen and oxygen atoms in total. The Morgan fingerprint density at radius 3 is 2.82 bits per heavy atom. The van der Waals surface area contributed by atoms with Crippen molar-refractivity contribution in [3.05, 3.63) is 28.8 Å². The van der Waals surface area contributed by atoms with Crippen LogP contribution in [0.5, 0.6) is 0 Å². The van der Waals surface area contributed by atoms with Crippen LogP contribution in [0.25, 0.3) is 0 Å². The minimum Gasteiger partial charge on any atom is -0.387 e. The Labute approximate surface area is 105 Å². The average molecular weight is 255 g/mol. The first-order chi connectivity index (χ1) is 7.98. The zero-order valence-electron chi connectivity index (χ0n) is 9.59. The zero-order valence-corrected chi connectivity index (χ0v) is 10.3. The fourth-order valence-electron chi connectivity index (χ4n) is 1.71. The minimum absolute atomic E-state index is 0.103. The van der Waals surface area contributed by atoms with Gasteiger partial charge in [0.1, 0.15) is 0 Å². The quantitative estimate of drug-likeness (QED) is 0.762. The highest BCUT2D eigenvalue weighted by Crippen LogP contribution is 2.21. The van der Waals surface area contributed by atoms with Gasteiger partial charge in [-0.05, 0) is 24.6 Å². The van der Waals surface area contributed by atoms with Crippen molar-refractivity contribution >= 4 is 23.2 Å². The largest absolute Gasteiger partial charge is 0.387 e. The molecular formula is C12H15ClN2O2. The van der Waals surface area contributed by atoms with Crippen LogP contribution >= 0.6 is 11.6 Å². The predicted molar refractivity (Wildman–Crippen MR) is 67.3 cm³/mol. The molecule has 1 aliphatic heterocycles. The summed E-state index contributed by atoms with van der Waals surface area (Å²) in [5.74, 6) is -0.200. The van der Waals surface area contributed by atoms with Crippen LogP contribution < -0.4 is 10.6 Å². The van der Waals surface area contributed by atoms with Gasteiger partial charge in [0.05, 0.1) is 12.0 Å². The molecule has 1 saturated heterocycles. The van der Waals surface area contributed by atoms with E-state index in [1.165, 1.54) is 0 Å². The van der Waals surface area contributed by atoms with Crippen LogP contribution in [-0.4, -0.2) is 29.7 Å². The number of nitrogens with one attached hydrogen (secondary N) is 2. The molecule has 1 heterocycles. The van der Waals surface area contributed by atoms with E-state index in [-0.39, 0.29) is 12.3 Å². The number of aryl methyl sites for hydroxylation is 1. The van der Waals surface area contributed by atoms with Crippen molar-refractivity contribution in [3.63, 3.8) is 0 Å². The smallest absolute Gasteiger partial charge is 0.227 e. The van der Waals surface area contributed by atoms with Crippen molar-refractivity contribution in [1.82, 2.24) is 5.32 Å². The number of β-amino-alcohol motifs (C(OH)–C–C–N with tert-alkyl or cyclic N) is 1. The molecule has 2 rings (SSSR count). The highest BCUT2D eigenvalue weighted by Gasteiger charge is 2.36. The zero-order chi connectivity index (χ0) is 12.5. The topological polar surface area (TPSA) is 61.4 Å². The van der Waals surface area contributed by atoms with Gasteiger partial charge in [0, 0.05) is 23.8 Å². The van der Waals surface area contributed by atoms with E-state index >= 15 is 0 Å². The Balaban J connectivity index is 1.95. The molecule has 0 bridgehead atoms. The third kappa shape index (κ3) is 2.97. The number of hydrogen-bond acceptors (Lipinski definition) is 3. The first-order valence-corrected chi connectivity index (χ1v) is 5.85. The molecule has 0 saturated carbocycles. The minimum atomic E-state index is -0.890. The van der Waals surface area contributed by atoms with Crippen LogP contribution in [0.2, 0.25) is 5.02 Å². The van der Waals surface area contributed by atoms with E-state index in [1.807, 2.05) is 13.0 Å². The lowest BCUT2D eigenvalue weighted by molar-refractivity contribution is -0.123. The summed E-state index contributed by atoms with van der Waals surface area (Å²) in [5, 5.41) is 16.1. The van der Waals surface area contributed by atoms with E-state index in [2.05, 4.69) is 10.6 Å². The first-order valence-electron chi connectivity index (χ1n) is 5.48. The van der Waals surface area contributed by atoms with Crippen LogP contribution in [0.1, 0.15) is 12.0 Å². The SMILES string of the molecule is Cc1ccc(NC(=O)CC2(O)CNC2)cc1Cl. The number of anilines is 1. The predicted octanol–water partition coefficient (Wildman–Crippen LogP) is 1.31. The van der Waals surface area contributed by atoms with Crippen LogP contribution in [0.3, 0.4) is 0 Å². The highest BCUT2D eigenvalue weighted by atomic mass is 35.5. The summed E-state index contributed by atoms with van der Waals surface area (Å²) in [4.78, 5) is 11.7. The van der Waals surface area contributed by atoms with Crippen LogP contribution in [0, 0.1) is 6.92 Å². The van der Waals surface area contributed by atoms with Gasteiger partial charge in [-0.2, -0.15) is 0 Å². The molecule has 0 radical (unpaired) electrons. The Morgan fingerprint density at radius 2 is 2.29 bits per heavy atom. The number of amides is 1. The molecule has 0 aromatic heterocycles. The normalized spacial score (nSPS) is 17.4. The summed E-state index contributed by atoms with van der Waals surface area (Å²) in [6.45, 7) is 2.83. The number of benzene rings is 1. The number of carbonyl (C=O) groups excluding carboxylic acids is 1. The van der Waals surface area contributed by atoms with E-state index < -0.39 is 5.60 Å². The lowest BCUT2D eigenvalue weighted by Gasteiger charge is -2.36. The molecule has 1 fully saturated rings. The van der Waals surface area contributed by atoms with Gasteiger partial charge in [-0.25, -0.2) is 0 Å². The maximum absolute atomic E-state index is 11.7. The number of hydrogen-bond donors (Lipinski definition) is 3. The molecular weight excluding hydrogens is 240 g/mol. The number of carbonyl (C=O) groups is 1. The molecule has 17 heavy (non-hydrogen) atoms. The number of halogens is 1. The summed E-state index contributed by atoms with van der Waals surface area (Å²) in [5.41, 5.74) is 0.728. The van der Waals surface area contributed by atoms with Crippen molar-refractivity contribution in [2.75, 3.05) is 18.4 Å². The molecule has 0 unspecified atom stereocenters. The molecule has 1 aliphatic rings. The molecule has 1 aromatic carbocycles. The van der Waals surface area contributed by atoms with E-state index in [0.29, 0.717) is 23.8 Å². The Hall–Kier alpha value is -1.10. The molecule has 3 N–H and O–H groups in total. The second-order valence-corrected chi connectivity index (χ2v) is 4.92. The van der Waals surface area contributed by atoms with E-state index in [1.54, 1.807) is 12.1 Å². The third-order valence-corrected chi connectivity index (χ3v) is 3.26. The summed E-state index contributed by atoms with van der Waals surface area (Å²) >= 11 is 5.96. The molecule has 0 aliphatic carbocycles. The molecule has 5 heteroatoms. The Morgan fingerprint density at radius 1 is 1.59 bits per heavy atom. The van der Waals surface area contributed by atoms with Gasteiger partial charge in [0.15, 0.2) is 0 Å². The monoisotopic (exact) mass is 254 g/mol. The Kier molecular flexibility index (Phi) is 3.38. The summed E-state index contributed by atoms with van der Waals surface area (Å²) in [6.07, 6.45) is 0.103. The molecule has 0 spiro atoms. The molecule has 0 atom stereocenters. The molecule has 1 aromatic rings. The highest BCUT2D eigenvalue weighted by molar-refractivity contribution is 6.31. The van der Waals surface area contributed by atoms with E-state index in [9.17, 15) is 9.90 Å². The van der Waals surface area contributed by atoms with Crippen molar-refractivity contribution in [2.45, 2.75) is 18.9 Å². The van der Waals surface area contributed by atoms with E-state index in [0.717, 1.165) is 5.56 Å². The molecule has 92 valence electrons.